The van der Waals surface area contributed by atoms with Crippen molar-refractivity contribution in [2.75, 3.05) is 33.3 Å². The third kappa shape index (κ3) is 3.75. The van der Waals surface area contributed by atoms with E-state index in [0.717, 1.165) is 11.3 Å². The minimum Gasteiger partial charge on any atom is -0.496 e. The van der Waals surface area contributed by atoms with Crippen molar-refractivity contribution in [2.24, 2.45) is 0 Å². The number of rotatable bonds is 5. The van der Waals surface area contributed by atoms with Crippen LogP contribution in [0.15, 0.2) is 53.4 Å². The van der Waals surface area contributed by atoms with Crippen molar-refractivity contribution in [2.45, 2.75) is 17.9 Å². The van der Waals surface area contributed by atoms with Crippen LogP contribution in [0.4, 0.5) is 4.39 Å². The van der Waals surface area contributed by atoms with Crippen LogP contribution in [0.5, 0.6) is 5.75 Å². The van der Waals surface area contributed by atoms with Gasteiger partial charge in [0, 0.05) is 37.8 Å². The molecule has 26 heavy (non-hydrogen) atoms. The van der Waals surface area contributed by atoms with Gasteiger partial charge in [-0.2, -0.15) is 4.31 Å². The van der Waals surface area contributed by atoms with E-state index in [2.05, 4.69) is 11.8 Å². The summed E-state index contributed by atoms with van der Waals surface area (Å²) < 4.78 is 45.4. The zero-order valence-corrected chi connectivity index (χ0v) is 15.7. The van der Waals surface area contributed by atoms with Crippen molar-refractivity contribution in [3.05, 3.63) is 59.9 Å². The molecule has 1 aliphatic heterocycles. The lowest BCUT2D eigenvalue weighted by molar-refractivity contribution is 0.144. The number of methoxy groups -OCH3 is 1. The molecule has 7 heteroatoms. The number of ether oxygens (including phenoxy) is 1. The van der Waals surface area contributed by atoms with Gasteiger partial charge in [-0.25, -0.2) is 12.8 Å². The summed E-state index contributed by atoms with van der Waals surface area (Å²) in [5.74, 6) is 0.390. The molecule has 0 aliphatic carbocycles. The third-order valence-corrected chi connectivity index (χ3v) is 6.77. The highest BCUT2D eigenvalue weighted by Gasteiger charge is 2.30. The molecule has 0 spiro atoms. The Morgan fingerprint density at radius 1 is 1.00 bits per heavy atom. The number of benzene rings is 2. The summed E-state index contributed by atoms with van der Waals surface area (Å²) in [5.41, 5.74) is 1.09. The highest BCUT2D eigenvalue weighted by molar-refractivity contribution is 7.89. The Morgan fingerprint density at radius 3 is 2.23 bits per heavy atom. The van der Waals surface area contributed by atoms with Gasteiger partial charge in [0.05, 0.1) is 12.0 Å². The first-order valence-electron chi connectivity index (χ1n) is 8.56. The summed E-state index contributed by atoms with van der Waals surface area (Å²) in [6.45, 7) is 4.15. The maximum Gasteiger partial charge on any atom is 0.243 e. The Balaban J connectivity index is 1.70. The zero-order chi connectivity index (χ0) is 18.7. The number of nitrogens with zero attached hydrogens (tertiary/aromatic N) is 2. The lowest BCUT2D eigenvalue weighted by Crippen LogP contribution is -2.49. The number of sulfonamides is 1. The van der Waals surface area contributed by atoms with Gasteiger partial charge in [-0.1, -0.05) is 18.2 Å². The van der Waals surface area contributed by atoms with E-state index in [1.165, 1.54) is 28.6 Å². The van der Waals surface area contributed by atoms with Crippen LogP contribution in [0, 0.1) is 5.82 Å². The van der Waals surface area contributed by atoms with Crippen molar-refractivity contribution in [1.29, 1.82) is 0 Å². The second-order valence-corrected chi connectivity index (χ2v) is 8.25. The average Bonchev–Trinajstić information content (AvgIpc) is 2.68. The number of para-hydroxylation sites is 1. The van der Waals surface area contributed by atoms with E-state index in [0.29, 0.717) is 26.2 Å². The number of hydrogen-bond acceptors (Lipinski definition) is 4. The molecule has 2 aromatic rings. The number of hydrogen-bond donors (Lipinski definition) is 0. The first-order chi connectivity index (χ1) is 12.4. The van der Waals surface area contributed by atoms with E-state index < -0.39 is 15.8 Å². The Bertz CT molecular complexity index is 847. The van der Waals surface area contributed by atoms with Crippen LogP contribution < -0.4 is 4.74 Å². The van der Waals surface area contributed by atoms with Crippen molar-refractivity contribution < 1.29 is 17.5 Å². The van der Waals surface area contributed by atoms with Gasteiger partial charge in [0.1, 0.15) is 11.6 Å². The summed E-state index contributed by atoms with van der Waals surface area (Å²) in [5, 5.41) is 0. The van der Waals surface area contributed by atoms with E-state index in [-0.39, 0.29) is 10.9 Å². The molecule has 3 rings (SSSR count). The van der Waals surface area contributed by atoms with Gasteiger partial charge < -0.3 is 4.74 Å². The van der Waals surface area contributed by atoms with E-state index in [4.69, 9.17) is 4.74 Å². The molecule has 2 aromatic carbocycles. The molecule has 140 valence electrons. The first-order valence-corrected chi connectivity index (χ1v) is 10.00. The largest absolute Gasteiger partial charge is 0.496 e. The lowest BCUT2D eigenvalue weighted by Gasteiger charge is -2.37. The average molecular weight is 378 g/mol. The van der Waals surface area contributed by atoms with Gasteiger partial charge in [-0.05, 0) is 37.3 Å². The van der Waals surface area contributed by atoms with E-state index in [1.807, 2.05) is 24.3 Å². The Morgan fingerprint density at radius 2 is 1.62 bits per heavy atom. The number of piperazine rings is 1. The molecule has 5 nitrogen and oxygen atoms in total. The van der Waals surface area contributed by atoms with Crippen molar-refractivity contribution in [1.82, 2.24) is 9.21 Å². The standard InChI is InChI=1S/C19H23FN2O3S/c1-15(18-5-3-4-6-19(18)25-2)21-11-13-22(14-12-21)26(23,24)17-9-7-16(20)8-10-17/h3-10,15H,11-14H2,1-2H3. The topological polar surface area (TPSA) is 49.9 Å². The first kappa shape index (κ1) is 18.8. The molecule has 1 saturated heterocycles. The van der Waals surface area contributed by atoms with E-state index >= 15 is 0 Å². The fourth-order valence-corrected chi connectivity index (χ4v) is 4.72. The molecule has 0 saturated carbocycles. The summed E-state index contributed by atoms with van der Waals surface area (Å²) in [6, 6.07) is 13.0. The third-order valence-electron chi connectivity index (χ3n) is 4.86. The quantitative estimate of drug-likeness (QED) is 0.803. The molecule has 1 fully saturated rings. The van der Waals surface area contributed by atoms with Crippen LogP contribution in [0.25, 0.3) is 0 Å². The minimum atomic E-state index is -3.59. The predicted molar refractivity (Wildman–Crippen MR) is 98.1 cm³/mol. The van der Waals surface area contributed by atoms with Crippen LogP contribution >= 0.6 is 0 Å². The van der Waals surface area contributed by atoms with Gasteiger partial charge in [-0.15, -0.1) is 0 Å². The lowest BCUT2D eigenvalue weighted by atomic mass is 10.1. The SMILES string of the molecule is COc1ccccc1C(C)N1CCN(S(=O)(=O)c2ccc(F)cc2)CC1. The van der Waals surface area contributed by atoms with E-state index in [9.17, 15) is 12.8 Å². The van der Waals surface area contributed by atoms with Gasteiger partial charge in [0.2, 0.25) is 10.0 Å². The van der Waals surface area contributed by atoms with Crippen molar-refractivity contribution in [3.63, 3.8) is 0 Å². The van der Waals surface area contributed by atoms with Gasteiger partial charge in [-0.3, -0.25) is 4.90 Å². The van der Waals surface area contributed by atoms with Crippen LogP contribution in [0.3, 0.4) is 0 Å². The Hall–Kier alpha value is -1.96. The number of halogens is 1. The monoisotopic (exact) mass is 378 g/mol. The van der Waals surface area contributed by atoms with Crippen molar-refractivity contribution >= 4 is 10.0 Å². The molecular weight excluding hydrogens is 355 g/mol. The maximum absolute atomic E-state index is 13.1. The second kappa shape index (κ2) is 7.73. The smallest absolute Gasteiger partial charge is 0.243 e. The van der Waals surface area contributed by atoms with Crippen LogP contribution in [0.2, 0.25) is 0 Å². The minimum absolute atomic E-state index is 0.127. The molecule has 0 bridgehead atoms. The fraction of sp³-hybridized carbons (Fsp3) is 0.368. The molecule has 0 amide bonds. The maximum atomic E-state index is 13.1. The summed E-state index contributed by atoms with van der Waals surface area (Å²) in [7, 11) is -1.94. The van der Waals surface area contributed by atoms with E-state index in [1.54, 1.807) is 7.11 Å². The molecular formula is C19H23FN2O3S. The molecule has 1 heterocycles. The van der Waals surface area contributed by atoms with Crippen LogP contribution in [-0.2, 0) is 10.0 Å². The van der Waals surface area contributed by atoms with Crippen molar-refractivity contribution in [3.8, 4) is 5.75 Å². The Labute approximate surface area is 154 Å². The van der Waals surface area contributed by atoms with Gasteiger partial charge >= 0.3 is 0 Å². The van der Waals surface area contributed by atoms with Gasteiger partial charge in [0.15, 0.2) is 0 Å². The second-order valence-electron chi connectivity index (χ2n) is 6.31. The Kier molecular flexibility index (Phi) is 5.60. The molecule has 1 atom stereocenters. The molecule has 0 radical (unpaired) electrons. The molecule has 0 aromatic heterocycles. The van der Waals surface area contributed by atoms with Crippen LogP contribution in [-0.4, -0.2) is 50.9 Å². The fourth-order valence-electron chi connectivity index (χ4n) is 3.30. The highest BCUT2D eigenvalue weighted by atomic mass is 32.2. The normalized spacial score (nSPS) is 17.8. The van der Waals surface area contributed by atoms with Crippen LogP contribution in [0.1, 0.15) is 18.5 Å². The summed E-state index contributed by atoms with van der Waals surface area (Å²) in [6.07, 6.45) is 0. The molecule has 1 unspecified atom stereocenters. The van der Waals surface area contributed by atoms with Gasteiger partial charge in [0.25, 0.3) is 0 Å². The predicted octanol–water partition coefficient (Wildman–Crippen LogP) is 2.90. The summed E-state index contributed by atoms with van der Waals surface area (Å²) in [4.78, 5) is 2.37. The summed E-state index contributed by atoms with van der Waals surface area (Å²) >= 11 is 0. The highest BCUT2D eigenvalue weighted by Crippen LogP contribution is 2.30. The zero-order valence-electron chi connectivity index (χ0n) is 14.9. The molecule has 0 N–H and O–H groups in total. The molecule has 1 aliphatic rings.